The number of carbonyl (C=O) groups is 2. The van der Waals surface area contributed by atoms with Crippen LogP contribution in [-0.2, 0) is 4.79 Å². The Hall–Kier alpha value is -1.63. The van der Waals surface area contributed by atoms with Crippen LogP contribution < -0.4 is 0 Å². The van der Waals surface area contributed by atoms with Crippen LogP contribution in [0, 0.1) is 13.8 Å². The van der Waals surface area contributed by atoms with Gasteiger partial charge < -0.3 is 10.0 Å². The molecule has 0 radical (unpaired) electrons. The third kappa shape index (κ3) is 3.18. The fourth-order valence-electron chi connectivity index (χ4n) is 2.65. The van der Waals surface area contributed by atoms with Crippen LogP contribution in [-0.4, -0.2) is 50.7 Å². The molecule has 1 atom stereocenters. The molecule has 1 amide bonds. The fourth-order valence-corrected chi connectivity index (χ4v) is 3.31. The molecule has 6 nitrogen and oxygen atoms in total. The van der Waals surface area contributed by atoms with Gasteiger partial charge in [0.05, 0.1) is 11.3 Å². The topological polar surface area (TPSA) is 83.4 Å². The SMILES string of the molecule is CSc1nc(C)nc(C)c1C(=O)N1CCCC[C@@H]1C(=O)O. The lowest BCUT2D eigenvalue weighted by Gasteiger charge is -2.33. The van der Waals surface area contributed by atoms with Crippen LogP contribution in [0.5, 0.6) is 0 Å². The number of hydrogen-bond acceptors (Lipinski definition) is 5. The molecule has 1 aliphatic rings. The quantitative estimate of drug-likeness (QED) is 0.678. The van der Waals surface area contributed by atoms with E-state index >= 15 is 0 Å². The second kappa shape index (κ2) is 6.43. The standard InChI is InChI=1S/C14H19N3O3S/c1-8-11(12(21-3)16-9(2)15-8)13(18)17-7-5-4-6-10(17)14(19)20/h10H,4-7H2,1-3H3,(H,19,20)/t10-/m1/s1. The highest BCUT2D eigenvalue weighted by Gasteiger charge is 2.34. The summed E-state index contributed by atoms with van der Waals surface area (Å²) in [5.41, 5.74) is 1.04. The molecule has 1 aromatic heterocycles. The first-order chi connectivity index (χ1) is 9.95. The van der Waals surface area contributed by atoms with Crippen molar-refractivity contribution in [3.63, 3.8) is 0 Å². The number of rotatable bonds is 3. The van der Waals surface area contributed by atoms with E-state index < -0.39 is 12.0 Å². The smallest absolute Gasteiger partial charge is 0.326 e. The molecule has 0 spiro atoms. The van der Waals surface area contributed by atoms with Crippen LogP contribution in [0.3, 0.4) is 0 Å². The van der Waals surface area contributed by atoms with Crippen molar-refractivity contribution in [2.45, 2.75) is 44.2 Å². The van der Waals surface area contributed by atoms with Gasteiger partial charge in [0.1, 0.15) is 16.9 Å². The summed E-state index contributed by atoms with van der Waals surface area (Å²) in [5, 5.41) is 9.92. The molecule has 0 unspecified atom stereocenters. The van der Waals surface area contributed by atoms with Gasteiger partial charge in [0.2, 0.25) is 0 Å². The Morgan fingerprint density at radius 2 is 2.00 bits per heavy atom. The van der Waals surface area contributed by atoms with Gasteiger partial charge in [-0.3, -0.25) is 4.79 Å². The summed E-state index contributed by atoms with van der Waals surface area (Å²) in [4.78, 5) is 34.2. The van der Waals surface area contributed by atoms with Gasteiger partial charge in [0.25, 0.3) is 5.91 Å². The van der Waals surface area contributed by atoms with E-state index in [0.717, 1.165) is 12.8 Å². The first-order valence-electron chi connectivity index (χ1n) is 6.88. The minimum absolute atomic E-state index is 0.274. The number of aliphatic carboxylic acids is 1. The molecular weight excluding hydrogens is 290 g/mol. The van der Waals surface area contributed by atoms with Crippen LogP contribution >= 0.6 is 11.8 Å². The lowest BCUT2D eigenvalue weighted by atomic mass is 10.0. The third-order valence-corrected chi connectivity index (χ3v) is 4.31. The van der Waals surface area contributed by atoms with E-state index in [-0.39, 0.29) is 5.91 Å². The predicted molar refractivity (Wildman–Crippen MR) is 79.6 cm³/mol. The number of aryl methyl sites for hydroxylation is 2. The van der Waals surface area contributed by atoms with Gasteiger partial charge in [0.15, 0.2) is 0 Å². The average Bonchev–Trinajstić information content (AvgIpc) is 2.45. The van der Waals surface area contributed by atoms with E-state index in [9.17, 15) is 14.7 Å². The first kappa shape index (κ1) is 15.8. The summed E-state index contributed by atoms with van der Waals surface area (Å²) in [6, 6.07) is -0.748. The number of likely N-dealkylation sites (tertiary alicyclic amines) is 1. The Labute approximate surface area is 128 Å². The maximum Gasteiger partial charge on any atom is 0.326 e. The number of amides is 1. The molecule has 0 aliphatic carbocycles. The van der Waals surface area contributed by atoms with Crippen LogP contribution in [0.2, 0.25) is 0 Å². The van der Waals surface area contributed by atoms with Crippen molar-refractivity contribution in [2.75, 3.05) is 12.8 Å². The molecule has 7 heteroatoms. The minimum atomic E-state index is -0.945. The number of aromatic nitrogens is 2. The van der Waals surface area contributed by atoms with Crippen LogP contribution in [0.1, 0.15) is 41.1 Å². The van der Waals surface area contributed by atoms with Gasteiger partial charge in [-0.2, -0.15) is 0 Å². The molecule has 21 heavy (non-hydrogen) atoms. The number of nitrogens with zero attached hydrogens (tertiary/aromatic N) is 3. The van der Waals surface area contributed by atoms with Gasteiger partial charge in [-0.25, -0.2) is 14.8 Å². The Kier molecular flexibility index (Phi) is 4.82. The van der Waals surface area contributed by atoms with E-state index in [1.165, 1.54) is 16.7 Å². The fraction of sp³-hybridized carbons (Fsp3) is 0.571. The minimum Gasteiger partial charge on any atom is -0.480 e. The van der Waals surface area contributed by atoms with Gasteiger partial charge in [0, 0.05) is 6.54 Å². The maximum atomic E-state index is 12.8. The van der Waals surface area contributed by atoms with Crippen molar-refractivity contribution >= 4 is 23.6 Å². The molecule has 0 bridgehead atoms. The summed E-state index contributed by atoms with van der Waals surface area (Å²) in [7, 11) is 0. The third-order valence-electron chi connectivity index (χ3n) is 3.62. The summed E-state index contributed by atoms with van der Waals surface area (Å²) in [6.07, 6.45) is 4.01. The Bertz CT molecular complexity index is 577. The number of hydrogen-bond donors (Lipinski definition) is 1. The molecule has 1 saturated heterocycles. The largest absolute Gasteiger partial charge is 0.480 e. The summed E-state index contributed by atoms with van der Waals surface area (Å²) < 4.78 is 0. The Morgan fingerprint density at radius 3 is 2.62 bits per heavy atom. The predicted octanol–water partition coefficient (Wildman–Crippen LogP) is 1.89. The van der Waals surface area contributed by atoms with E-state index in [0.29, 0.717) is 35.1 Å². The normalized spacial score (nSPS) is 18.6. The molecule has 0 aromatic carbocycles. The van der Waals surface area contributed by atoms with Gasteiger partial charge >= 0.3 is 5.97 Å². The number of piperidine rings is 1. The molecule has 1 aromatic rings. The van der Waals surface area contributed by atoms with Gasteiger partial charge in [-0.1, -0.05) is 0 Å². The van der Waals surface area contributed by atoms with Gasteiger partial charge in [-0.15, -0.1) is 11.8 Å². The zero-order valence-corrected chi connectivity index (χ0v) is 13.2. The van der Waals surface area contributed by atoms with Crippen LogP contribution in [0.4, 0.5) is 0 Å². The molecule has 114 valence electrons. The second-order valence-corrected chi connectivity index (χ2v) is 5.88. The zero-order chi connectivity index (χ0) is 15.6. The van der Waals surface area contributed by atoms with E-state index in [4.69, 9.17) is 0 Å². The summed E-state index contributed by atoms with van der Waals surface area (Å²) in [5.74, 6) is -0.606. The number of carboxylic acids is 1. The van der Waals surface area contributed by atoms with E-state index in [1.807, 2.05) is 6.26 Å². The molecule has 1 aliphatic heterocycles. The highest BCUT2D eigenvalue weighted by molar-refractivity contribution is 7.98. The molecule has 1 N–H and O–H groups in total. The summed E-state index contributed by atoms with van der Waals surface area (Å²) in [6.45, 7) is 4.01. The lowest BCUT2D eigenvalue weighted by molar-refractivity contribution is -0.143. The highest BCUT2D eigenvalue weighted by Crippen LogP contribution is 2.26. The van der Waals surface area contributed by atoms with Crippen LogP contribution in [0.25, 0.3) is 0 Å². The Balaban J connectivity index is 2.41. The van der Waals surface area contributed by atoms with Gasteiger partial charge in [-0.05, 0) is 39.4 Å². The second-order valence-electron chi connectivity index (χ2n) is 5.09. The van der Waals surface area contributed by atoms with Crippen molar-refractivity contribution in [3.05, 3.63) is 17.1 Å². The number of thioether (sulfide) groups is 1. The number of carbonyl (C=O) groups excluding carboxylic acids is 1. The van der Waals surface area contributed by atoms with E-state index in [2.05, 4.69) is 9.97 Å². The molecule has 2 heterocycles. The zero-order valence-electron chi connectivity index (χ0n) is 12.4. The molecule has 0 saturated carbocycles. The van der Waals surface area contributed by atoms with Crippen LogP contribution in [0.15, 0.2) is 5.03 Å². The molecule has 1 fully saturated rings. The highest BCUT2D eigenvalue weighted by atomic mass is 32.2. The first-order valence-corrected chi connectivity index (χ1v) is 8.11. The van der Waals surface area contributed by atoms with Crippen molar-refractivity contribution in [3.8, 4) is 0 Å². The molecular formula is C14H19N3O3S. The Morgan fingerprint density at radius 1 is 1.29 bits per heavy atom. The van der Waals surface area contributed by atoms with E-state index in [1.54, 1.807) is 13.8 Å². The van der Waals surface area contributed by atoms with Crippen molar-refractivity contribution in [2.24, 2.45) is 0 Å². The van der Waals surface area contributed by atoms with Crippen molar-refractivity contribution < 1.29 is 14.7 Å². The van der Waals surface area contributed by atoms with Crippen molar-refractivity contribution in [1.82, 2.24) is 14.9 Å². The lowest BCUT2D eigenvalue weighted by Crippen LogP contribution is -2.48. The average molecular weight is 309 g/mol. The van der Waals surface area contributed by atoms with Crippen molar-refractivity contribution in [1.29, 1.82) is 0 Å². The molecule has 2 rings (SSSR count). The monoisotopic (exact) mass is 309 g/mol. The summed E-state index contributed by atoms with van der Waals surface area (Å²) >= 11 is 1.38. The maximum absolute atomic E-state index is 12.8. The number of carboxylic acid groups (broad SMARTS) is 1.